The van der Waals surface area contributed by atoms with Crippen molar-refractivity contribution >= 4 is 27.4 Å². The molecule has 1 N–H and O–H groups in total. The lowest BCUT2D eigenvalue weighted by Gasteiger charge is -2.14. The van der Waals surface area contributed by atoms with Crippen LogP contribution in [0.4, 0.5) is 5.82 Å². The quantitative estimate of drug-likeness (QED) is 0.738. The smallest absolute Gasteiger partial charge is 0.138 e. The number of benzene rings is 1. The predicted molar refractivity (Wildman–Crippen MR) is 97.3 cm³/mol. The number of thiophene rings is 1. The van der Waals surface area contributed by atoms with Crippen molar-refractivity contribution in [1.29, 1.82) is 0 Å². The molecular formula is C19H21N3S. The molecule has 118 valence electrons. The largest absolute Gasteiger partial charge is 0.367 e. The van der Waals surface area contributed by atoms with E-state index in [4.69, 9.17) is 9.97 Å². The Labute approximate surface area is 140 Å². The number of fused-ring (bicyclic) bond motifs is 1. The van der Waals surface area contributed by atoms with Crippen LogP contribution in [0.3, 0.4) is 0 Å². The van der Waals surface area contributed by atoms with Crippen LogP contribution in [0.25, 0.3) is 10.2 Å². The summed E-state index contributed by atoms with van der Waals surface area (Å²) < 4.78 is 0. The van der Waals surface area contributed by atoms with Crippen molar-refractivity contribution in [1.82, 2.24) is 9.97 Å². The van der Waals surface area contributed by atoms with Crippen molar-refractivity contribution in [2.75, 3.05) is 5.32 Å². The molecule has 0 amide bonds. The van der Waals surface area contributed by atoms with E-state index in [1.807, 2.05) is 6.07 Å². The highest BCUT2D eigenvalue weighted by molar-refractivity contribution is 7.18. The van der Waals surface area contributed by atoms with Gasteiger partial charge in [0.05, 0.1) is 5.39 Å². The summed E-state index contributed by atoms with van der Waals surface area (Å²) in [6.07, 6.45) is 5.94. The minimum atomic E-state index is 0.567. The molecule has 23 heavy (non-hydrogen) atoms. The summed E-state index contributed by atoms with van der Waals surface area (Å²) in [6.45, 7) is 2.14. The number of aryl methyl sites for hydroxylation is 1. The van der Waals surface area contributed by atoms with E-state index in [1.165, 1.54) is 41.5 Å². The maximum absolute atomic E-state index is 4.86. The number of hydrogen-bond acceptors (Lipinski definition) is 4. The highest BCUT2D eigenvalue weighted by Gasteiger charge is 2.18. The van der Waals surface area contributed by atoms with Gasteiger partial charge in [-0.1, -0.05) is 43.2 Å². The van der Waals surface area contributed by atoms with E-state index in [0.717, 1.165) is 22.9 Å². The molecule has 1 fully saturated rings. The fraction of sp³-hybridized carbons (Fsp3) is 0.368. The van der Waals surface area contributed by atoms with Crippen LogP contribution in [-0.4, -0.2) is 16.0 Å². The Morgan fingerprint density at radius 3 is 2.70 bits per heavy atom. The normalized spacial score (nSPS) is 15.3. The van der Waals surface area contributed by atoms with Gasteiger partial charge in [0.2, 0.25) is 0 Å². The van der Waals surface area contributed by atoms with Crippen molar-refractivity contribution in [3.05, 3.63) is 52.7 Å². The summed E-state index contributed by atoms with van der Waals surface area (Å²) in [6, 6.07) is 13.2. The minimum Gasteiger partial charge on any atom is -0.367 e. The molecule has 0 aliphatic heterocycles. The number of nitrogens with zero attached hydrogens (tertiary/aromatic N) is 2. The predicted octanol–water partition coefficient (Wildman–Crippen LogP) is 4.95. The fourth-order valence-electron chi connectivity index (χ4n) is 3.32. The Morgan fingerprint density at radius 2 is 1.91 bits per heavy atom. The van der Waals surface area contributed by atoms with Gasteiger partial charge in [-0.05, 0) is 31.4 Å². The van der Waals surface area contributed by atoms with Crippen molar-refractivity contribution in [3.8, 4) is 0 Å². The van der Waals surface area contributed by atoms with Gasteiger partial charge in [0.1, 0.15) is 16.5 Å². The minimum absolute atomic E-state index is 0.567. The van der Waals surface area contributed by atoms with E-state index in [0.29, 0.717) is 6.04 Å². The lowest BCUT2D eigenvalue weighted by atomic mass is 10.1. The topological polar surface area (TPSA) is 37.8 Å². The molecule has 4 heteroatoms. The van der Waals surface area contributed by atoms with Crippen LogP contribution >= 0.6 is 11.3 Å². The van der Waals surface area contributed by atoms with Gasteiger partial charge in [-0.15, -0.1) is 11.3 Å². The molecule has 1 saturated carbocycles. The molecule has 1 aliphatic rings. The van der Waals surface area contributed by atoms with Crippen LogP contribution in [0.2, 0.25) is 0 Å². The van der Waals surface area contributed by atoms with Crippen molar-refractivity contribution in [2.45, 2.75) is 45.1 Å². The molecule has 2 heterocycles. The molecular weight excluding hydrogens is 302 g/mol. The summed E-state index contributed by atoms with van der Waals surface area (Å²) in [7, 11) is 0. The average molecular weight is 323 g/mol. The van der Waals surface area contributed by atoms with Gasteiger partial charge in [0.25, 0.3) is 0 Å². The number of aromatic nitrogens is 2. The zero-order valence-electron chi connectivity index (χ0n) is 13.4. The molecule has 0 saturated heterocycles. The molecule has 0 radical (unpaired) electrons. The van der Waals surface area contributed by atoms with E-state index < -0.39 is 0 Å². The third-order valence-corrected chi connectivity index (χ3v) is 5.41. The lowest BCUT2D eigenvalue weighted by molar-refractivity contribution is 0.750. The molecule has 0 bridgehead atoms. The van der Waals surface area contributed by atoms with Crippen molar-refractivity contribution < 1.29 is 0 Å². The second-order valence-corrected chi connectivity index (χ2v) is 7.59. The standard InChI is InChI=1S/C19H21N3S/c1-13-11-16-18(20-15-9-5-6-10-15)21-17(22-19(16)23-13)12-14-7-3-2-4-8-14/h2-4,7-8,11,15H,5-6,9-10,12H2,1H3,(H,20,21,22). The molecule has 4 rings (SSSR count). The molecule has 3 nitrogen and oxygen atoms in total. The highest BCUT2D eigenvalue weighted by Crippen LogP contribution is 2.31. The second kappa shape index (κ2) is 6.28. The highest BCUT2D eigenvalue weighted by atomic mass is 32.1. The number of rotatable bonds is 4. The third kappa shape index (κ3) is 3.22. The molecule has 1 aromatic carbocycles. The van der Waals surface area contributed by atoms with E-state index in [1.54, 1.807) is 11.3 Å². The fourth-order valence-corrected chi connectivity index (χ4v) is 4.22. The second-order valence-electron chi connectivity index (χ2n) is 6.35. The van der Waals surface area contributed by atoms with E-state index in [9.17, 15) is 0 Å². The van der Waals surface area contributed by atoms with Crippen LogP contribution < -0.4 is 5.32 Å². The van der Waals surface area contributed by atoms with Crippen LogP contribution in [0, 0.1) is 6.92 Å². The number of anilines is 1. The van der Waals surface area contributed by atoms with Gasteiger partial charge in [-0.25, -0.2) is 9.97 Å². The van der Waals surface area contributed by atoms with Crippen LogP contribution in [0.15, 0.2) is 36.4 Å². The molecule has 0 spiro atoms. The Hall–Kier alpha value is -1.94. The monoisotopic (exact) mass is 323 g/mol. The first-order chi connectivity index (χ1) is 11.3. The first-order valence-corrected chi connectivity index (χ1v) is 9.17. The molecule has 0 atom stereocenters. The summed E-state index contributed by atoms with van der Waals surface area (Å²) in [4.78, 5) is 12.0. The van der Waals surface area contributed by atoms with Crippen LogP contribution in [0.1, 0.15) is 41.9 Å². The van der Waals surface area contributed by atoms with Gasteiger partial charge in [0.15, 0.2) is 0 Å². The lowest BCUT2D eigenvalue weighted by Crippen LogP contribution is -2.16. The van der Waals surface area contributed by atoms with Gasteiger partial charge in [0, 0.05) is 17.3 Å². The van der Waals surface area contributed by atoms with E-state index in [-0.39, 0.29) is 0 Å². The molecule has 1 aliphatic carbocycles. The third-order valence-electron chi connectivity index (χ3n) is 4.46. The maximum Gasteiger partial charge on any atom is 0.138 e. The Bertz CT molecular complexity index is 804. The molecule has 3 aromatic rings. The van der Waals surface area contributed by atoms with Crippen LogP contribution in [0.5, 0.6) is 0 Å². The maximum atomic E-state index is 4.86. The molecule has 0 unspecified atom stereocenters. The van der Waals surface area contributed by atoms with Gasteiger partial charge < -0.3 is 5.32 Å². The molecule has 2 aromatic heterocycles. The zero-order chi connectivity index (χ0) is 15.6. The summed E-state index contributed by atoms with van der Waals surface area (Å²) in [5.74, 6) is 1.93. The van der Waals surface area contributed by atoms with Gasteiger partial charge >= 0.3 is 0 Å². The van der Waals surface area contributed by atoms with Crippen molar-refractivity contribution in [2.24, 2.45) is 0 Å². The zero-order valence-corrected chi connectivity index (χ0v) is 14.2. The summed E-state index contributed by atoms with van der Waals surface area (Å²) >= 11 is 1.76. The summed E-state index contributed by atoms with van der Waals surface area (Å²) in [5, 5.41) is 4.86. The Kier molecular flexibility index (Phi) is 4.00. The number of hydrogen-bond donors (Lipinski definition) is 1. The number of nitrogens with one attached hydrogen (secondary N) is 1. The van der Waals surface area contributed by atoms with E-state index >= 15 is 0 Å². The average Bonchev–Trinajstić information content (AvgIpc) is 3.17. The van der Waals surface area contributed by atoms with E-state index in [2.05, 4.69) is 42.6 Å². The van der Waals surface area contributed by atoms with Gasteiger partial charge in [-0.2, -0.15) is 0 Å². The van der Waals surface area contributed by atoms with Crippen LogP contribution in [-0.2, 0) is 6.42 Å². The first kappa shape index (κ1) is 14.6. The van der Waals surface area contributed by atoms with Crippen molar-refractivity contribution in [3.63, 3.8) is 0 Å². The summed E-state index contributed by atoms with van der Waals surface area (Å²) in [5.41, 5.74) is 1.26. The first-order valence-electron chi connectivity index (χ1n) is 8.35. The van der Waals surface area contributed by atoms with Gasteiger partial charge in [-0.3, -0.25) is 0 Å². The Morgan fingerprint density at radius 1 is 1.13 bits per heavy atom. The SMILES string of the molecule is Cc1cc2c(NC3CCCC3)nc(Cc3ccccc3)nc2s1. The Balaban J connectivity index is 1.70.